The minimum Gasteiger partial charge on any atom is -0.466 e. The number of anilines is 1. The highest BCUT2D eigenvalue weighted by Crippen LogP contribution is 2.39. The highest BCUT2D eigenvalue weighted by molar-refractivity contribution is 6.01. The molecule has 30 heavy (non-hydrogen) atoms. The molecule has 1 aliphatic rings. The van der Waals surface area contributed by atoms with Crippen molar-refractivity contribution >= 4 is 23.6 Å². The first-order valence-corrected chi connectivity index (χ1v) is 9.75. The van der Waals surface area contributed by atoms with Crippen LogP contribution < -0.4 is 4.90 Å². The molecule has 7 nitrogen and oxygen atoms in total. The van der Waals surface area contributed by atoms with Gasteiger partial charge in [0.25, 0.3) is 0 Å². The maximum atomic E-state index is 15.2. The van der Waals surface area contributed by atoms with Crippen molar-refractivity contribution in [2.75, 3.05) is 31.3 Å². The van der Waals surface area contributed by atoms with Crippen molar-refractivity contribution in [1.82, 2.24) is 0 Å². The lowest BCUT2D eigenvalue weighted by atomic mass is 10.0. The Balaban J connectivity index is 2.61. The molecule has 0 N–H and O–H groups in total. The van der Waals surface area contributed by atoms with E-state index in [1.807, 2.05) is 0 Å². The average molecular weight is 431 g/mol. The minimum atomic E-state index is -1.77. The molecular weight excluding hydrogens is 407 g/mol. The number of benzene rings is 1. The van der Waals surface area contributed by atoms with Gasteiger partial charge in [0.1, 0.15) is 11.1 Å². The van der Waals surface area contributed by atoms with Gasteiger partial charge in [-0.05, 0) is 33.6 Å². The molecule has 1 fully saturated rings. The molecule has 1 aromatic rings. The zero-order valence-corrected chi connectivity index (χ0v) is 17.1. The van der Waals surface area contributed by atoms with Gasteiger partial charge >= 0.3 is 17.9 Å². The Kier molecular flexibility index (Phi) is 8.08. The number of hydrogen-bond acceptors (Lipinski definition) is 7. The molecule has 0 saturated heterocycles. The van der Waals surface area contributed by atoms with Crippen LogP contribution in [0.2, 0.25) is 0 Å². The standard InChI is InChI=1S/C20H24F3NO6/c1-4-28-12(25)9-10-24(11-7-8-11)18-14(20(27)30-6-3)15(21)13(16(22)17(18)23)19(26)29-5-2/h11H,4-10H2,1-3H3. The van der Waals surface area contributed by atoms with Crippen LogP contribution in [0.3, 0.4) is 0 Å². The SMILES string of the molecule is CCOC(=O)CCN(c1c(F)c(F)c(C(=O)OCC)c(F)c1C(=O)OCC)C1CC1. The van der Waals surface area contributed by atoms with Crippen molar-refractivity contribution in [3.8, 4) is 0 Å². The third-order valence-electron chi connectivity index (χ3n) is 4.39. The summed E-state index contributed by atoms with van der Waals surface area (Å²) in [6.45, 7) is 4.14. The summed E-state index contributed by atoms with van der Waals surface area (Å²) in [5.41, 5.74) is -2.89. The monoisotopic (exact) mass is 431 g/mol. The second kappa shape index (κ2) is 10.3. The third-order valence-corrected chi connectivity index (χ3v) is 4.39. The van der Waals surface area contributed by atoms with Crippen LogP contribution in [0.5, 0.6) is 0 Å². The van der Waals surface area contributed by atoms with Crippen LogP contribution in [0.4, 0.5) is 18.9 Å². The van der Waals surface area contributed by atoms with Crippen LogP contribution in [0, 0.1) is 17.5 Å². The van der Waals surface area contributed by atoms with E-state index in [-0.39, 0.29) is 38.8 Å². The van der Waals surface area contributed by atoms with Gasteiger partial charge in [-0.3, -0.25) is 4.79 Å². The molecule has 166 valence electrons. The Morgan fingerprint density at radius 3 is 1.87 bits per heavy atom. The number of nitrogens with zero attached hydrogens (tertiary/aromatic N) is 1. The summed E-state index contributed by atoms with van der Waals surface area (Å²) in [7, 11) is 0. The Morgan fingerprint density at radius 2 is 1.37 bits per heavy atom. The van der Waals surface area contributed by atoms with E-state index < -0.39 is 52.2 Å². The molecule has 1 aromatic carbocycles. The molecule has 1 aliphatic carbocycles. The average Bonchev–Trinajstić information content (AvgIpc) is 3.51. The van der Waals surface area contributed by atoms with Crippen molar-refractivity contribution in [2.45, 2.75) is 46.1 Å². The van der Waals surface area contributed by atoms with Crippen molar-refractivity contribution in [3.05, 3.63) is 28.6 Å². The molecule has 0 aromatic heterocycles. The van der Waals surface area contributed by atoms with E-state index in [0.717, 1.165) is 0 Å². The molecular formula is C20H24F3NO6. The molecule has 0 unspecified atom stereocenters. The lowest BCUT2D eigenvalue weighted by molar-refractivity contribution is -0.142. The molecule has 0 amide bonds. The van der Waals surface area contributed by atoms with Crippen LogP contribution in [0.15, 0.2) is 0 Å². The highest BCUT2D eigenvalue weighted by Gasteiger charge is 2.40. The summed E-state index contributed by atoms with van der Waals surface area (Å²) in [5.74, 6) is -8.19. The molecule has 0 radical (unpaired) electrons. The molecule has 2 rings (SSSR count). The van der Waals surface area contributed by atoms with Gasteiger partial charge in [-0.15, -0.1) is 0 Å². The number of esters is 3. The smallest absolute Gasteiger partial charge is 0.344 e. The number of carbonyl (C=O) groups is 3. The van der Waals surface area contributed by atoms with Gasteiger partial charge in [-0.2, -0.15) is 0 Å². The Morgan fingerprint density at radius 1 is 0.833 bits per heavy atom. The topological polar surface area (TPSA) is 82.1 Å². The first-order chi connectivity index (χ1) is 14.3. The molecule has 0 heterocycles. The van der Waals surface area contributed by atoms with Crippen LogP contribution in [0.25, 0.3) is 0 Å². The van der Waals surface area contributed by atoms with Gasteiger partial charge in [0.05, 0.1) is 31.9 Å². The van der Waals surface area contributed by atoms with Crippen LogP contribution >= 0.6 is 0 Å². The van der Waals surface area contributed by atoms with Crippen LogP contribution in [-0.4, -0.2) is 50.3 Å². The van der Waals surface area contributed by atoms with E-state index in [2.05, 4.69) is 4.74 Å². The minimum absolute atomic E-state index is 0.134. The van der Waals surface area contributed by atoms with Gasteiger partial charge in [-0.1, -0.05) is 0 Å². The van der Waals surface area contributed by atoms with Crippen LogP contribution in [0.1, 0.15) is 60.7 Å². The van der Waals surface area contributed by atoms with E-state index >= 15 is 8.78 Å². The number of halogens is 3. The summed E-state index contributed by atoms with van der Waals surface area (Å²) < 4.78 is 59.2. The Labute approximate surface area is 172 Å². The largest absolute Gasteiger partial charge is 0.466 e. The number of carbonyl (C=O) groups excluding carboxylic acids is 3. The number of hydrogen-bond donors (Lipinski definition) is 0. The maximum absolute atomic E-state index is 15.2. The van der Waals surface area contributed by atoms with Gasteiger partial charge in [0, 0.05) is 12.6 Å². The summed E-state index contributed by atoms with van der Waals surface area (Å²) in [5, 5.41) is 0. The van der Waals surface area contributed by atoms with Crippen molar-refractivity contribution in [3.63, 3.8) is 0 Å². The lowest BCUT2D eigenvalue weighted by Gasteiger charge is -2.27. The lowest BCUT2D eigenvalue weighted by Crippen LogP contribution is -2.33. The molecule has 0 bridgehead atoms. The Hall–Kier alpha value is -2.78. The normalized spacial score (nSPS) is 13.0. The van der Waals surface area contributed by atoms with E-state index in [1.165, 1.54) is 18.7 Å². The fourth-order valence-corrected chi connectivity index (χ4v) is 3.00. The van der Waals surface area contributed by atoms with E-state index in [9.17, 15) is 18.8 Å². The number of rotatable bonds is 10. The highest BCUT2D eigenvalue weighted by atomic mass is 19.2. The van der Waals surface area contributed by atoms with Crippen molar-refractivity contribution in [1.29, 1.82) is 0 Å². The maximum Gasteiger partial charge on any atom is 0.344 e. The second-order valence-electron chi connectivity index (χ2n) is 6.46. The number of ether oxygens (including phenoxy) is 3. The first-order valence-electron chi connectivity index (χ1n) is 9.75. The Bertz CT molecular complexity index is 825. The molecule has 1 saturated carbocycles. The molecule has 0 aliphatic heterocycles. The summed E-state index contributed by atoms with van der Waals surface area (Å²) in [4.78, 5) is 37.4. The van der Waals surface area contributed by atoms with Gasteiger partial charge < -0.3 is 19.1 Å². The third kappa shape index (κ3) is 5.03. The fourth-order valence-electron chi connectivity index (χ4n) is 3.00. The van der Waals surface area contributed by atoms with Gasteiger partial charge in [0.15, 0.2) is 17.5 Å². The molecule has 0 atom stereocenters. The van der Waals surface area contributed by atoms with Crippen molar-refractivity contribution < 1.29 is 41.8 Å². The fraction of sp³-hybridized carbons (Fsp3) is 0.550. The van der Waals surface area contributed by atoms with E-state index in [0.29, 0.717) is 12.8 Å². The molecule has 0 spiro atoms. The first kappa shape index (κ1) is 23.5. The predicted octanol–water partition coefficient (Wildman–Crippen LogP) is 3.38. The summed E-state index contributed by atoms with van der Waals surface area (Å²) in [6, 6.07) is -0.325. The summed E-state index contributed by atoms with van der Waals surface area (Å²) >= 11 is 0. The predicted molar refractivity (Wildman–Crippen MR) is 99.8 cm³/mol. The van der Waals surface area contributed by atoms with E-state index in [4.69, 9.17) is 9.47 Å². The summed E-state index contributed by atoms with van der Waals surface area (Å²) in [6.07, 6.45) is 0.968. The van der Waals surface area contributed by atoms with Gasteiger partial charge in [0.2, 0.25) is 0 Å². The van der Waals surface area contributed by atoms with Gasteiger partial charge in [-0.25, -0.2) is 22.8 Å². The zero-order chi connectivity index (χ0) is 22.4. The van der Waals surface area contributed by atoms with Crippen LogP contribution in [-0.2, 0) is 19.0 Å². The van der Waals surface area contributed by atoms with E-state index in [1.54, 1.807) is 6.92 Å². The molecule has 10 heteroatoms. The quantitative estimate of drug-likeness (QED) is 0.319. The van der Waals surface area contributed by atoms with Crippen molar-refractivity contribution in [2.24, 2.45) is 0 Å². The zero-order valence-electron chi connectivity index (χ0n) is 17.1. The second-order valence-corrected chi connectivity index (χ2v) is 6.46.